The van der Waals surface area contributed by atoms with Gasteiger partial charge in [0, 0.05) is 5.39 Å². The number of aromatic nitrogens is 2. The fraction of sp³-hybridized carbons (Fsp3) is 0.409. The third-order valence-electron chi connectivity index (χ3n) is 5.57. The van der Waals surface area contributed by atoms with Crippen molar-refractivity contribution in [1.82, 2.24) is 9.78 Å². The summed E-state index contributed by atoms with van der Waals surface area (Å²) in [6.07, 6.45) is -2.71. The van der Waals surface area contributed by atoms with E-state index in [4.69, 9.17) is 8.92 Å². The predicted molar refractivity (Wildman–Crippen MR) is 113 cm³/mol. The maximum absolute atomic E-state index is 13.8. The van der Waals surface area contributed by atoms with Gasteiger partial charge in [-0.15, -0.1) is 0 Å². The Hall–Kier alpha value is -2.63. The highest BCUT2D eigenvalue weighted by molar-refractivity contribution is 7.86. The van der Waals surface area contributed by atoms with Crippen LogP contribution in [-0.2, 0) is 20.5 Å². The molecule has 0 unspecified atom stereocenters. The number of fused-ring (bicyclic) bond motifs is 1. The molecule has 7 nitrogen and oxygen atoms in total. The van der Waals surface area contributed by atoms with Crippen LogP contribution in [0, 0.1) is 6.92 Å². The highest BCUT2D eigenvalue weighted by Crippen LogP contribution is 2.45. The number of alkyl halides is 3. The minimum Gasteiger partial charge on any atom is -0.491 e. The summed E-state index contributed by atoms with van der Waals surface area (Å²) in [4.78, 5) is -0.0173. The molecular formula is C22H23F3N2O5S. The maximum atomic E-state index is 13.8. The lowest BCUT2D eigenvalue weighted by molar-refractivity contribution is -0.136. The summed E-state index contributed by atoms with van der Waals surface area (Å²) in [6, 6.07) is 8.04. The second-order valence-electron chi connectivity index (χ2n) is 8.49. The van der Waals surface area contributed by atoms with Gasteiger partial charge in [-0.2, -0.15) is 26.7 Å². The molecule has 0 aliphatic heterocycles. The zero-order chi connectivity index (χ0) is 24.0. The monoisotopic (exact) mass is 484 g/mol. The van der Waals surface area contributed by atoms with Crippen molar-refractivity contribution in [2.75, 3.05) is 13.2 Å². The molecule has 1 aliphatic carbocycles. The number of halogens is 3. The zero-order valence-electron chi connectivity index (χ0n) is 18.0. The van der Waals surface area contributed by atoms with Gasteiger partial charge in [-0.05, 0) is 51.0 Å². The Morgan fingerprint density at radius 3 is 2.45 bits per heavy atom. The molecule has 0 atom stereocenters. The van der Waals surface area contributed by atoms with Crippen molar-refractivity contribution in [3.63, 3.8) is 0 Å². The predicted octanol–water partition coefficient (Wildman–Crippen LogP) is 4.23. The molecule has 0 spiro atoms. The topological polar surface area (TPSA) is 90.7 Å². The van der Waals surface area contributed by atoms with Crippen LogP contribution in [0.4, 0.5) is 13.2 Å². The summed E-state index contributed by atoms with van der Waals surface area (Å²) in [5.74, 6) is -0.0775. The third kappa shape index (κ3) is 4.99. The van der Waals surface area contributed by atoms with Crippen LogP contribution >= 0.6 is 0 Å². The van der Waals surface area contributed by atoms with Crippen LogP contribution in [0.3, 0.4) is 0 Å². The van der Waals surface area contributed by atoms with E-state index in [0.29, 0.717) is 12.8 Å². The van der Waals surface area contributed by atoms with Crippen molar-refractivity contribution in [3.8, 4) is 5.75 Å². The number of hydrogen-bond acceptors (Lipinski definition) is 6. The zero-order valence-corrected chi connectivity index (χ0v) is 18.8. The Morgan fingerprint density at radius 1 is 1.18 bits per heavy atom. The van der Waals surface area contributed by atoms with Gasteiger partial charge in [0.05, 0.1) is 33.8 Å². The fourth-order valence-corrected chi connectivity index (χ4v) is 4.84. The summed E-state index contributed by atoms with van der Waals surface area (Å²) in [5, 5.41) is 14.3. The molecule has 4 rings (SSSR count). The van der Waals surface area contributed by atoms with Crippen molar-refractivity contribution in [2.45, 2.75) is 49.4 Å². The molecular weight excluding hydrogens is 461 g/mol. The van der Waals surface area contributed by atoms with Gasteiger partial charge >= 0.3 is 6.18 Å². The Labute approximate surface area is 188 Å². The lowest BCUT2D eigenvalue weighted by atomic mass is 9.77. The number of aryl methyl sites for hydroxylation is 1. The van der Waals surface area contributed by atoms with Gasteiger partial charge in [0.1, 0.15) is 19.0 Å². The van der Waals surface area contributed by atoms with Gasteiger partial charge < -0.3 is 9.84 Å². The summed E-state index contributed by atoms with van der Waals surface area (Å²) >= 11 is 0. The molecule has 1 N–H and O–H groups in total. The first kappa shape index (κ1) is 23.5. The van der Waals surface area contributed by atoms with Crippen LogP contribution < -0.4 is 4.74 Å². The quantitative estimate of drug-likeness (QED) is 0.399. The number of hydrogen-bond donors (Lipinski definition) is 1. The van der Waals surface area contributed by atoms with Crippen LogP contribution in [0.1, 0.15) is 36.9 Å². The van der Waals surface area contributed by atoms with Gasteiger partial charge in [-0.1, -0.05) is 17.7 Å². The van der Waals surface area contributed by atoms with Crippen molar-refractivity contribution < 1.29 is 35.6 Å². The molecule has 1 aliphatic rings. The smallest absolute Gasteiger partial charge is 0.418 e. The molecule has 0 radical (unpaired) electrons. The summed E-state index contributed by atoms with van der Waals surface area (Å²) < 4.78 is 77.4. The number of benzene rings is 2. The van der Waals surface area contributed by atoms with E-state index in [2.05, 4.69) is 5.10 Å². The van der Waals surface area contributed by atoms with Crippen molar-refractivity contribution in [3.05, 3.63) is 53.7 Å². The van der Waals surface area contributed by atoms with Gasteiger partial charge in [0.25, 0.3) is 10.1 Å². The first-order valence-electron chi connectivity index (χ1n) is 10.3. The lowest BCUT2D eigenvalue weighted by Gasteiger charge is -2.41. The van der Waals surface area contributed by atoms with Gasteiger partial charge in [0.2, 0.25) is 0 Å². The van der Waals surface area contributed by atoms with E-state index in [-0.39, 0.29) is 40.8 Å². The van der Waals surface area contributed by atoms with E-state index < -0.39 is 27.5 Å². The minimum absolute atomic E-state index is 0.0173. The van der Waals surface area contributed by atoms with Crippen molar-refractivity contribution in [1.29, 1.82) is 0 Å². The van der Waals surface area contributed by atoms with Crippen LogP contribution in [0.25, 0.3) is 10.9 Å². The van der Waals surface area contributed by atoms with E-state index in [1.54, 1.807) is 19.1 Å². The van der Waals surface area contributed by atoms with Gasteiger partial charge in [0.15, 0.2) is 0 Å². The molecule has 1 heterocycles. The molecule has 1 fully saturated rings. The summed E-state index contributed by atoms with van der Waals surface area (Å²) in [7, 11) is -4.00. The highest BCUT2D eigenvalue weighted by atomic mass is 32.2. The van der Waals surface area contributed by atoms with Crippen molar-refractivity contribution in [2.24, 2.45) is 0 Å². The van der Waals surface area contributed by atoms with Crippen LogP contribution in [0.5, 0.6) is 5.75 Å². The molecule has 3 aromatic rings. The number of ether oxygens (including phenoxy) is 1. The van der Waals surface area contributed by atoms with Crippen LogP contribution in [-0.4, -0.2) is 42.1 Å². The average molecular weight is 484 g/mol. The average Bonchev–Trinajstić information content (AvgIpc) is 3.12. The molecule has 1 aromatic heterocycles. The molecule has 11 heteroatoms. The molecule has 178 valence electrons. The molecule has 1 saturated carbocycles. The number of aliphatic hydroxyl groups is 1. The standard InChI is InChI=1S/C22H23F3N2O5S/c1-14-3-5-18(6-4-14)33(29,30)32-8-7-31-17-9-15-13-26-27(16-11-21(2,28)12-16)20(15)19(10-17)22(23,24)25/h3-6,9-10,13,16,28H,7-8,11-12H2,1-2H3/t16-,21+. The van der Waals surface area contributed by atoms with Gasteiger partial charge in [-0.3, -0.25) is 8.86 Å². The normalized spacial score (nSPS) is 21.2. The Morgan fingerprint density at radius 2 is 1.85 bits per heavy atom. The van der Waals surface area contributed by atoms with Gasteiger partial charge in [-0.25, -0.2) is 0 Å². The summed E-state index contributed by atoms with van der Waals surface area (Å²) in [5.41, 5.74) is -1.01. The first-order chi connectivity index (χ1) is 15.4. The van der Waals surface area contributed by atoms with E-state index in [1.165, 1.54) is 29.1 Å². The first-order valence-corrected chi connectivity index (χ1v) is 11.7. The Bertz CT molecular complexity index is 1260. The second-order valence-corrected chi connectivity index (χ2v) is 10.1. The number of rotatable bonds is 7. The Balaban J connectivity index is 1.49. The minimum atomic E-state index is -4.66. The molecule has 2 aromatic carbocycles. The molecule has 33 heavy (non-hydrogen) atoms. The summed E-state index contributed by atoms with van der Waals surface area (Å²) in [6.45, 7) is 2.81. The Kier molecular flexibility index (Phi) is 5.92. The van der Waals surface area contributed by atoms with Crippen LogP contribution in [0.2, 0.25) is 0 Å². The molecule has 0 bridgehead atoms. The van der Waals surface area contributed by atoms with E-state index >= 15 is 0 Å². The van der Waals surface area contributed by atoms with Crippen molar-refractivity contribution >= 4 is 21.0 Å². The maximum Gasteiger partial charge on any atom is 0.418 e. The number of nitrogens with zero attached hydrogens (tertiary/aromatic N) is 2. The highest BCUT2D eigenvalue weighted by Gasteiger charge is 2.42. The largest absolute Gasteiger partial charge is 0.491 e. The van der Waals surface area contributed by atoms with E-state index in [0.717, 1.165) is 11.6 Å². The molecule has 0 saturated heterocycles. The fourth-order valence-electron chi connectivity index (χ4n) is 3.95. The second kappa shape index (κ2) is 8.30. The third-order valence-corrected chi connectivity index (χ3v) is 6.89. The molecule has 0 amide bonds. The lowest BCUT2D eigenvalue weighted by Crippen LogP contribution is -2.42. The van der Waals surface area contributed by atoms with E-state index in [1.807, 2.05) is 6.92 Å². The SMILES string of the molecule is Cc1ccc(S(=O)(=O)OCCOc2cc(C(F)(F)F)c3c(cnn3[C@H]3C[C@@](C)(O)C3)c2)cc1. The van der Waals surface area contributed by atoms with E-state index in [9.17, 15) is 26.7 Å². The van der Waals surface area contributed by atoms with Crippen LogP contribution in [0.15, 0.2) is 47.5 Å².